The van der Waals surface area contributed by atoms with Gasteiger partial charge in [0.2, 0.25) is 11.8 Å². The smallest absolute Gasteiger partial charge is 0.237 e. The number of carbonyl (C=O) groups excluding carboxylic acids is 2. The van der Waals surface area contributed by atoms with Crippen LogP contribution >= 0.6 is 11.6 Å². The second-order valence-electron chi connectivity index (χ2n) is 4.26. The number of aryl methyl sites for hydroxylation is 1. The standard InChI is InChI=1S/C14H19ClN2O2/c1-3-11-4-6-12(7-5-11)17-13(18)8-9-16-14(19)10(2)15/h4-7,10H,3,8-9H2,1-2H3,(H,16,19)(H,17,18). The molecule has 1 unspecified atom stereocenters. The highest BCUT2D eigenvalue weighted by molar-refractivity contribution is 6.30. The maximum absolute atomic E-state index is 11.6. The van der Waals surface area contributed by atoms with Crippen LogP contribution in [0.15, 0.2) is 24.3 Å². The van der Waals surface area contributed by atoms with Gasteiger partial charge in [0.15, 0.2) is 0 Å². The summed E-state index contributed by atoms with van der Waals surface area (Å²) in [5.41, 5.74) is 1.99. The second kappa shape index (κ2) is 7.79. The summed E-state index contributed by atoms with van der Waals surface area (Å²) in [5, 5.41) is 4.78. The van der Waals surface area contributed by atoms with Crippen LogP contribution in [-0.2, 0) is 16.0 Å². The van der Waals surface area contributed by atoms with Gasteiger partial charge in [0, 0.05) is 18.7 Å². The minimum Gasteiger partial charge on any atom is -0.354 e. The van der Waals surface area contributed by atoms with Gasteiger partial charge in [-0.05, 0) is 31.0 Å². The molecule has 0 fully saturated rings. The third kappa shape index (κ3) is 5.75. The summed E-state index contributed by atoms with van der Waals surface area (Å²) >= 11 is 5.59. The average Bonchev–Trinajstić information content (AvgIpc) is 2.39. The molecular formula is C14H19ClN2O2. The molecule has 0 heterocycles. The van der Waals surface area contributed by atoms with E-state index in [9.17, 15) is 9.59 Å². The zero-order valence-corrected chi connectivity index (χ0v) is 12.0. The molecule has 104 valence electrons. The summed E-state index contributed by atoms with van der Waals surface area (Å²) in [4.78, 5) is 22.8. The molecular weight excluding hydrogens is 264 g/mol. The van der Waals surface area contributed by atoms with Gasteiger partial charge in [-0.1, -0.05) is 19.1 Å². The predicted octanol–water partition coefficient (Wildman–Crippen LogP) is 2.32. The molecule has 19 heavy (non-hydrogen) atoms. The lowest BCUT2D eigenvalue weighted by atomic mass is 10.1. The van der Waals surface area contributed by atoms with E-state index in [1.165, 1.54) is 5.56 Å². The van der Waals surface area contributed by atoms with Crippen molar-refractivity contribution >= 4 is 29.1 Å². The molecule has 0 spiro atoms. The number of alkyl halides is 1. The van der Waals surface area contributed by atoms with E-state index >= 15 is 0 Å². The summed E-state index contributed by atoms with van der Waals surface area (Å²) in [5.74, 6) is -0.395. The van der Waals surface area contributed by atoms with Crippen molar-refractivity contribution < 1.29 is 9.59 Å². The highest BCUT2D eigenvalue weighted by atomic mass is 35.5. The van der Waals surface area contributed by atoms with Gasteiger partial charge in [-0.15, -0.1) is 11.6 Å². The van der Waals surface area contributed by atoms with E-state index in [1.807, 2.05) is 24.3 Å². The van der Waals surface area contributed by atoms with Crippen molar-refractivity contribution in [3.63, 3.8) is 0 Å². The second-order valence-corrected chi connectivity index (χ2v) is 4.91. The lowest BCUT2D eigenvalue weighted by Gasteiger charge is -2.08. The van der Waals surface area contributed by atoms with Crippen molar-refractivity contribution in [1.29, 1.82) is 0 Å². The van der Waals surface area contributed by atoms with E-state index in [0.29, 0.717) is 0 Å². The summed E-state index contributed by atoms with van der Waals surface area (Å²) in [6.45, 7) is 3.95. The molecule has 1 aromatic rings. The zero-order chi connectivity index (χ0) is 14.3. The van der Waals surface area contributed by atoms with Crippen LogP contribution in [-0.4, -0.2) is 23.7 Å². The fraction of sp³-hybridized carbons (Fsp3) is 0.429. The zero-order valence-electron chi connectivity index (χ0n) is 11.2. The van der Waals surface area contributed by atoms with Gasteiger partial charge >= 0.3 is 0 Å². The Balaban J connectivity index is 2.32. The molecule has 1 aromatic carbocycles. The Hall–Kier alpha value is -1.55. The van der Waals surface area contributed by atoms with Crippen molar-refractivity contribution in [2.45, 2.75) is 32.1 Å². The van der Waals surface area contributed by atoms with Crippen LogP contribution in [0.1, 0.15) is 25.8 Å². The molecule has 0 aromatic heterocycles. The fourth-order valence-electron chi connectivity index (χ4n) is 1.49. The number of amides is 2. The van der Waals surface area contributed by atoms with Crippen molar-refractivity contribution in [3.8, 4) is 0 Å². The number of anilines is 1. The van der Waals surface area contributed by atoms with Crippen LogP contribution in [0.3, 0.4) is 0 Å². The van der Waals surface area contributed by atoms with Gasteiger partial charge < -0.3 is 10.6 Å². The van der Waals surface area contributed by atoms with Crippen LogP contribution < -0.4 is 10.6 Å². The van der Waals surface area contributed by atoms with Crippen LogP contribution in [0.4, 0.5) is 5.69 Å². The predicted molar refractivity (Wildman–Crippen MR) is 77.4 cm³/mol. The van der Waals surface area contributed by atoms with Gasteiger partial charge in [-0.2, -0.15) is 0 Å². The van der Waals surface area contributed by atoms with E-state index in [2.05, 4.69) is 17.6 Å². The van der Waals surface area contributed by atoms with E-state index in [-0.39, 0.29) is 24.8 Å². The highest BCUT2D eigenvalue weighted by Gasteiger charge is 2.09. The van der Waals surface area contributed by atoms with E-state index in [4.69, 9.17) is 11.6 Å². The first-order chi connectivity index (χ1) is 9.02. The van der Waals surface area contributed by atoms with Crippen LogP contribution in [0.5, 0.6) is 0 Å². The van der Waals surface area contributed by atoms with Gasteiger partial charge in [-0.25, -0.2) is 0 Å². The SMILES string of the molecule is CCc1ccc(NC(=O)CCNC(=O)C(C)Cl)cc1. The number of hydrogen-bond acceptors (Lipinski definition) is 2. The van der Waals surface area contributed by atoms with Gasteiger partial charge in [-0.3, -0.25) is 9.59 Å². The number of halogens is 1. The summed E-state index contributed by atoms with van der Waals surface area (Å²) in [6.07, 6.45) is 1.20. The normalized spacial score (nSPS) is 11.7. The van der Waals surface area contributed by atoms with E-state index in [0.717, 1.165) is 12.1 Å². The third-order valence-corrected chi connectivity index (χ3v) is 2.86. The molecule has 0 saturated carbocycles. The maximum Gasteiger partial charge on any atom is 0.237 e. The Bertz CT molecular complexity index is 430. The minimum atomic E-state index is -0.579. The van der Waals surface area contributed by atoms with Crippen molar-refractivity contribution in [1.82, 2.24) is 5.32 Å². The number of rotatable bonds is 6. The molecule has 2 N–H and O–H groups in total. The molecule has 4 nitrogen and oxygen atoms in total. The average molecular weight is 283 g/mol. The lowest BCUT2D eigenvalue weighted by molar-refractivity contribution is -0.120. The van der Waals surface area contributed by atoms with Crippen molar-refractivity contribution in [2.75, 3.05) is 11.9 Å². The number of benzene rings is 1. The van der Waals surface area contributed by atoms with Crippen LogP contribution in [0.25, 0.3) is 0 Å². The molecule has 0 saturated heterocycles. The van der Waals surface area contributed by atoms with E-state index < -0.39 is 5.38 Å². The van der Waals surface area contributed by atoms with Crippen molar-refractivity contribution in [3.05, 3.63) is 29.8 Å². The molecule has 0 aliphatic carbocycles. The molecule has 0 bridgehead atoms. The molecule has 0 radical (unpaired) electrons. The topological polar surface area (TPSA) is 58.2 Å². The molecule has 2 amide bonds. The Kier molecular flexibility index (Phi) is 6.36. The van der Waals surface area contributed by atoms with E-state index in [1.54, 1.807) is 6.92 Å². The molecule has 5 heteroatoms. The Morgan fingerprint density at radius 2 is 1.89 bits per heavy atom. The van der Waals surface area contributed by atoms with Crippen LogP contribution in [0, 0.1) is 0 Å². The van der Waals surface area contributed by atoms with Gasteiger partial charge in [0.1, 0.15) is 5.38 Å². The Morgan fingerprint density at radius 3 is 2.42 bits per heavy atom. The molecule has 1 atom stereocenters. The monoisotopic (exact) mass is 282 g/mol. The molecule has 0 aliphatic heterocycles. The largest absolute Gasteiger partial charge is 0.354 e. The summed E-state index contributed by atoms with van der Waals surface area (Å²) in [6, 6.07) is 7.70. The molecule has 0 aliphatic rings. The fourth-order valence-corrected chi connectivity index (χ4v) is 1.56. The number of carbonyl (C=O) groups is 2. The lowest BCUT2D eigenvalue weighted by Crippen LogP contribution is -2.32. The number of nitrogens with one attached hydrogen (secondary N) is 2. The summed E-state index contributed by atoms with van der Waals surface area (Å²) in [7, 11) is 0. The minimum absolute atomic E-state index is 0.133. The summed E-state index contributed by atoms with van der Waals surface area (Å²) < 4.78 is 0. The van der Waals surface area contributed by atoms with Gasteiger partial charge in [0.05, 0.1) is 0 Å². The Morgan fingerprint density at radius 1 is 1.26 bits per heavy atom. The first-order valence-corrected chi connectivity index (χ1v) is 6.77. The van der Waals surface area contributed by atoms with Gasteiger partial charge in [0.25, 0.3) is 0 Å². The maximum atomic E-state index is 11.6. The third-order valence-electron chi connectivity index (χ3n) is 2.66. The first kappa shape index (κ1) is 15.5. The Labute approximate surface area is 118 Å². The number of hydrogen-bond donors (Lipinski definition) is 2. The molecule has 1 rings (SSSR count). The van der Waals surface area contributed by atoms with Crippen LogP contribution in [0.2, 0.25) is 0 Å². The first-order valence-electron chi connectivity index (χ1n) is 6.33. The highest BCUT2D eigenvalue weighted by Crippen LogP contribution is 2.10. The van der Waals surface area contributed by atoms with Crippen molar-refractivity contribution in [2.24, 2.45) is 0 Å². The quantitative estimate of drug-likeness (QED) is 0.787.